The molecule has 3 heteroatoms. The van der Waals surface area contributed by atoms with E-state index in [1.165, 1.54) is 0 Å². The fourth-order valence-electron chi connectivity index (χ4n) is 1.55. The van der Waals surface area contributed by atoms with E-state index < -0.39 is 0 Å². The molecule has 0 amide bonds. The molecule has 0 heterocycles. The van der Waals surface area contributed by atoms with Gasteiger partial charge < -0.3 is 4.79 Å². The summed E-state index contributed by atoms with van der Waals surface area (Å²) in [4.78, 5) is 21.6. The van der Waals surface area contributed by atoms with Gasteiger partial charge in [-0.15, -0.1) is 0 Å². The van der Waals surface area contributed by atoms with Crippen LogP contribution in [0.25, 0.3) is 5.57 Å². The first-order chi connectivity index (χ1) is 8.04. The van der Waals surface area contributed by atoms with Crippen molar-refractivity contribution < 1.29 is 9.59 Å². The van der Waals surface area contributed by atoms with Gasteiger partial charge in [0.15, 0.2) is 6.29 Å². The van der Waals surface area contributed by atoms with Crippen LogP contribution in [0.15, 0.2) is 24.8 Å². The molecule has 0 aliphatic carbocycles. The van der Waals surface area contributed by atoms with Crippen LogP contribution < -0.4 is 0 Å². The Labute approximate surface area is 106 Å². The summed E-state index contributed by atoms with van der Waals surface area (Å²) in [6.07, 6.45) is 2.83. The quantitative estimate of drug-likeness (QED) is 0.717. The van der Waals surface area contributed by atoms with E-state index in [0.29, 0.717) is 17.0 Å². The number of hydrogen-bond acceptors (Lipinski definition) is 2. The van der Waals surface area contributed by atoms with Gasteiger partial charge in [-0.05, 0) is 43.0 Å². The molecular formula is C14H15ClO2. The molecule has 0 aromatic heterocycles. The molecule has 0 saturated heterocycles. The fraction of sp³-hybridized carbons (Fsp3) is 0.286. The predicted octanol–water partition coefficient (Wildman–Crippen LogP) is 3.93. The zero-order chi connectivity index (χ0) is 12.8. The second-order valence-corrected chi connectivity index (χ2v) is 4.42. The Morgan fingerprint density at radius 3 is 2.71 bits per heavy atom. The summed E-state index contributed by atoms with van der Waals surface area (Å²) in [5.74, 6) is 0.183. The summed E-state index contributed by atoms with van der Waals surface area (Å²) in [5, 5.41) is 0.445. The van der Waals surface area contributed by atoms with Crippen molar-refractivity contribution in [1.29, 1.82) is 0 Å². The SMILES string of the molecule is C=C(CCCC(C)=O)c1ccc(Cl)c(C=O)c1. The van der Waals surface area contributed by atoms with Gasteiger partial charge in [-0.2, -0.15) is 0 Å². The maximum Gasteiger partial charge on any atom is 0.151 e. The number of ketones is 1. The second-order valence-electron chi connectivity index (χ2n) is 4.01. The number of hydrogen-bond donors (Lipinski definition) is 0. The molecule has 2 nitrogen and oxygen atoms in total. The molecule has 1 rings (SSSR count). The van der Waals surface area contributed by atoms with Gasteiger partial charge in [-0.25, -0.2) is 0 Å². The molecule has 0 aliphatic rings. The fourth-order valence-corrected chi connectivity index (χ4v) is 1.71. The minimum atomic E-state index is 0.183. The minimum absolute atomic E-state index is 0.183. The molecule has 0 fully saturated rings. The summed E-state index contributed by atoms with van der Waals surface area (Å²) in [7, 11) is 0. The molecule has 0 saturated carbocycles. The van der Waals surface area contributed by atoms with E-state index in [9.17, 15) is 9.59 Å². The molecule has 0 bridgehead atoms. The average Bonchev–Trinajstić information content (AvgIpc) is 2.29. The number of aldehydes is 1. The third-order valence-corrected chi connectivity index (χ3v) is 2.88. The molecule has 1 aromatic rings. The highest BCUT2D eigenvalue weighted by Gasteiger charge is 2.04. The van der Waals surface area contributed by atoms with Gasteiger partial charge >= 0.3 is 0 Å². The lowest BCUT2D eigenvalue weighted by molar-refractivity contribution is -0.117. The van der Waals surface area contributed by atoms with Crippen LogP contribution >= 0.6 is 11.6 Å². The van der Waals surface area contributed by atoms with Crippen LogP contribution in [0.4, 0.5) is 0 Å². The summed E-state index contributed by atoms with van der Waals surface area (Å²) < 4.78 is 0. The molecule has 0 atom stereocenters. The zero-order valence-corrected chi connectivity index (χ0v) is 10.6. The summed E-state index contributed by atoms with van der Waals surface area (Å²) in [6, 6.07) is 5.26. The molecule has 0 spiro atoms. The predicted molar refractivity (Wildman–Crippen MR) is 70.4 cm³/mol. The van der Waals surface area contributed by atoms with E-state index in [-0.39, 0.29) is 5.78 Å². The van der Waals surface area contributed by atoms with Crippen molar-refractivity contribution in [1.82, 2.24) is 0 Å². The molecule has 0 radical (unpaired) electrons. The third kappa shape index (κ3) is 4.16. The number of rotatable bonds is 6. The second kappa shape index (κ2) is 6.36. The van der Waals surface area contributed by atoms with Crippen LogP contribution in [-0.4, -0.2) is 12.1 Å². The Morgan fingerprint density at radius 2 is 2.12 bits per heavy atom. The normalized spacial score (nSPS) is 10.0. The van der Waals surface area contributed by atoms with Crippen LogP contribution in [0.1, 0.15) is 42.1 Å². The minimum Gasteiger partial charge on any atom is -0.300 e. The molecule has 1 aromatic carbocycles. The van der Waals surface area contributed by atoms with Crippen LogP contribution in [0.2, 0.25) is 5.02 Å². The Morgan fingerprint density at radius 1 is 1.41 bits per heavy atom. The van der Waals surface area contributed by atoms with Crippen LogP contribution in [0.5, 0.6) is 0 Å². The van der Waals surface area contributed by atoms with Gasteiger partial charge in [0.2, 0.25) is 0 Å². The molecule has 0 aliphatic heterocycles. The first-order valence-electron chi connectivity index (χ1n) is 5.47. The van der Waals surface area contributed by atoms with E-state index in [4.69, 9.17) is 11.6 Å². The Balaban J connectivity index is 2.69. The molecule has 0 N–H and O–H groups in total. The molecule has 17 heavy (non-hydrogen) atoms. The first-order valence-corrected chi connectivity index (χ1v) is 5.84. The Hall–Kier alpha value is -1.41. The van der Waals surface area contributed by atoms with Crippen molar-refractivity contribution in [2.45, 2.75) is 26.2 Å². The number of benzene rings is 1. The molecule has 0 unspecified atom stereocenters. The highest BCUT2D eigenvalue weighted by atomic mass is 35.5. The van der Waals surface area contributed by atoms with Crippen molar-refractivity contribution >= 4 is 29.2 Å². The Kier molecular flexibility index (Phi) is 5.11. The average molecular weight is 251 g/mol. The molecular weight excluding hydrogens is 236 g/mol. The summed E-state index contributed by atoms with van der Waals surface area (Å²) in [5.41, 5.74) is 2.29. The van der Waals surface area contributed by atoms with E-state index >= 15 is 0 Å². The number of allylic oxidation sites excluding steroid dienone is 1. The first kappa shape index (κ1) is 13.7. The zero-order valence-electron chi connectivity index (χ0n) is 9.83. The van der Waals surface area contributed by atoms with Gasteiger partial charge in [0.05, 0.1) is 5.02 Å². The lowest BCUT2D eigenvalue weighted by Crippen LogP contribution is -1.92. The highest BCUT2D eigenvalue weighted by molar-refractivity contribution is 6.33. The topological polar surface area (TPSA) is 34.1 Å². The van der Waals surface area contributed by atoms with Gasteiger partial charge in [0.25, 0.3) is 0 Å². The van der Waals surface area contributed by atoms with Gasteiger partial charge in [-0.1, -0.05) is 24.2 Å². The van der Waals surface area contributed by atoms with Crippen molar-refractivity contribution in [3.8, 4) is 0 Å². The number of Topliss-reactive ketones (excluding diaryl/α,β-unsaturated/α-hetero) is 1. The Bertz CT molecular complexity index is 450. The highest BCUT2D eigenvalue weighted by Crippen LogP contribution is 2.23. The maximum atomic E-state index is 10.8. The van der Waals surface area contributed by atoms with E-state index in [1.807, 2.05) is 6.07 Å². The number of carbonyl (C=O) groups is 2. The number of halogens is 1. The van der Waals surface area contributed by atoms with Gasteiger partial charge in [-0.3, -0.25) is 4.79 Å². The molecule has 90 valence electrons. The number of carbonyl (C=O) groups excluding carboxylic acids is 2. The van der Waals surface area contributed by atoms with E-state index in [1.54, 1.807) is 19.1 Å². The van der Waals surface area contributed by atoms with E-state index in [0.717, 1.165) is 30.3 Å². The van der Waals surface area contributed by atoms with Crippen LogP contribution in [0.3, 0.4) is 0 Å². The van der Waals surface area contributed by atoms with Crippen LogP contribution in [0, 0.1) is 0 Å². The van der Waals surface area contributed by atoms with Crippen molar-refractivity contribution in [2.75, 3.05) is 0 Å². The smallest absolute Gasteiger partial charge is 0.151 e. The van der Waals surface area contributed by atoms with Gasteiger partial charge in [0.1, 0.15) is 5.78 Å². The lowest BCUT2D eigenvalue weighted by Gasteiger charge is -2.06. The lowest BCUT2D eigenvalue weighted by atomic mass is 9.99. The van der Waals surface area contributed by atoms with E-state index in [2.05, 4.69) is 6.58 Å². The standard InChI is InChI=1S/C14H15ClO2/c1-10(4-3-5-11(2)17)12-6-7-14(15)13(8-12)9-16/h6-9H,1,3-5H2,2H3. The largest absolute Gasteiger partial charge is 0.300 e. The third-order valence-electron chi connectivity index (χ3n) is 2.54. The monoisotopic (exact) mass is 250 g/mol. The van der Waals surface area contributed by atoms with Crippen molar-refractivity contribution in [2.24, 2.45) is 0 Å². The summed E-state index contributed by atoms with van der Waals surface area (Å²) >= 11 is 5.84. The van der Waals surface area contributed by atoms with Gasteiger partial charge in [0, 0.05) is 12.0 Å². The maximum absolute atomic E-state index is 10.8. The van der Waals surface area contributed by atoms with Crippen molar-refractivity contribution in [3.63, 3.8) is 0 Å². The summed E-state index contributed by atoms with van der Waals surface area (Å²) in [6.45, 7) is 5.54. The van der Waals surface area contributed by atoms with Crippen molar-refractivity contribution in [3.05, 3.63) is 40.9 Å². The van der Waals surface area contributed by atoms with Crippen LogP contribution in [-0.2, 0) is 4.79 Å².